The first-order valence-corrected chi connectivity index (χ1v) is 35.1. The molecule has 512 valence electrons. The third kappa shape index (κ3) is 33.1. The number of nitrogens with one attached hydrogen (secondary N) is 1. The number of aliphatic hydroxyl groups is 11. The van der Waals surface area contributed by atoms with Crippen LogP contribution in [0.5, 0.6) is 0 Å². The second-order valence-electron chi connectivity index (χ2n) is 25.3. The first kappa shape index (κ1) is 79.5. The fourth-order valence-electron chi connectivity index (χ4n) is 12.1. The van der Waals surface area contributed by atoms with Gasteiger partial charge >= 0.3 is 0 Å². The molecule has 0 aromatic heterocycles. The Hall–Kier alpha value is -1.73. The Morgan fingerprint density at radius 2 is 0.759 bits per heavy atom. The van der Waals surface area contributed by atoms with E-state index in [0.717, 1.165) is 57.8 Å². The van der Waals surface area contributed by atoms with E-state index in [9.17, 15) is 61.0 Å². The van der Waals surface area contributed by atoms with Crippen LogP contribution in [0.15, 0.2) is 24.3 Å². The zero-order valence-corrected chi connectivity index (χ0v) is 54.0. The minimum atomic E-state index is -1.97. The summed E-state index contributed by atoms with van der Waals surface area (Å²) >= 11 is 0. The SMILES string of the molecule is CCCCCCC/C=C\C/C=C\CCCCCCCCCCCCCC(=O)NC(COC1OC(CO)C(OC2OC(CO)C(OC3OC(CO)C(O)C(O)C3O)C(O)C2O)C(O)C1O)C(O)CCCCCCCCCCCCCCCCCCCCC. The highest BCUT2D eigenvalue weighted by atomic mass is 16.8. The molecule has 0 aliphatic carbocycles. The number of unbranched alkanes of at least 4 members (excludes halogenated alkanes) is 34. The first-order chi connectivity index (χ1) is 42.3. The van der Waals surface area contributed by atoms with Gasteiger partial charge in [-0.1, -0.05) is 244 Å². The molecule has 12 N–H and O–H groups in total. The van der Waals surface area contributed by atoms with Gasteiger partial charge < -0.3 is 89.9 Å². The molecule has 0 spiro atoms. The molecule has 17 unspecified atom stereocenters. The minimum Gasteiger partial charge on any atom is -0.394 e. The molecule has 3 aliphatic heterocycles. The van der Waals surface area contributed by atoms with E-state index in [0.29, 0.717) is 12.8 Å². The van der Waals surface area contributed by atoms with Gasteiger partial charge in [0.2, 0.25) is 5.91 Å². The standard InChI is InChI=1S/C68H127NO18/c1-3-5-7-9-11-13-15-17-19-21-23-24-25-26-28-30-32-34-36-38-40-42-44-46-56(74)69-51(52(73)45-43-41-39-37-35-33-31-29-27-22-20-18-16-14-12-10-8-6-4-2)50-82-66-62(80)59(77)64(54(48-71)84-66)87-68-63(81)60(78)65(55(49-72)85-68)86-67-61(79)58(76)57(75)53(47-70)83-67/h15,17,21,23,51-55,57-68,70-73,75-81H,3-14,16,18-20,22,24-50H2,1-2H3,(H,69,74)/b17-15-,23-21-. The molecule has 0 aromatic rings. The number of hydrogen-bond donors (Lipinski definition) is 12. The molecule has 3 rings (SSSR count). The Morgan fingerprint density at radius 3 is 1.17 bits per heavy atom. The molecule has 0 saturated carbocycles. The highest BCUT2D eigenvalue weighted by Crippen LogP contribution is 2.33. The number of carbonyl (C=O) groups is 1. The molecule has 3 saturated heterocycles. The average molecular weight is 1250 g/mol. The number of aliphatic hydroxyl groups excluding tert-OH is 11. The average Bonchev–Trinajstić information content (AvgIpc) is 2.58. The lowest BCUT2D eigenvalue weighted by Crippen LogP contribution is -2.66. The van der Waals surface area contributed by atoms with E-state index in [2.05, 4.69) is 43.5 Å². The molecular formula is C68H127NO18. The Balaban J connectivity index is 1.43. The molecule has 1 amide bonds. The van der Waals surface area contributed by atoms with E-state index in [-0.39, 0.29) is 18.9 Å². The molecular weight excluding hydrogens is 1120 g/mol. The van der Waals surface area contributed by atoms with Gasteiger partial charge in [0.1, 0.15) is 73.2 Å². The lowest BCUT2D eigenvalue weighted by molar-refractivity contribution is -0.379. The number of hydrogen-bond acceptors (Lipinski definition) is 18. The van der Waals surface area contributed by atoms with Crippen molar-refractivity contribution in [3.05, 3.63) is 24.3 Å². The predicted octanol–water partition coefficient (Wildman–Crippen LogP) is 9.05. The van der Waals surface area contributed by atoms with Crippen LogP contribution in [0.3, 0.4) is 0 Å². The molecule has 19 nitrogen and oxygen atoms in total. The van der Waals surface area contributed by atoms with Crippen molar-refractivity contribution in [1.82, 2.24) is 5.32 Å². The van der Waals surface area contributed by atoms with Crippen LogP contribution in [0.25, 0.3) is 0 Å². The second-order valence-corrected chi connectivity index (χ2v) is 25.3. The maximum absolute atomic E-state index is 13.4. The van der Waals surface area contributed by atoms with Gasteiger partial charge in [-0.25, -0.2) is 0 Å². The predicted molar refractivity (Wildman–Crippen MR) is 337 cm³/mol. The van der Waals surface area contributed by atoms with Gasteiger partial charge in [0.15, 0.2) is 18.9 Å². The van der Waals surface area contributed by atoms with E-state index < -0.39 is 124 Å². The summed E-state index contributed by atoms with van der Waals surface area (Å²) < 4.78 is 34.4. The summed E-state index contributed by atoms with van der Waals surface area (Å²) in [6.07, 6.45) is 29.6. The molecule has 87 heavy (non-hydrogen) atoms. The van der Waals surface area contributed by atoms with E-state index in [1.54, 1.807) is 0 Å². The summed E-state index contributed by atoms with van der Waals surface area (Å²) in [6.45, 7) is 1.82. The fourth-order valence-corrected chi connectivity index (χ4v) is 12.1. The zero-order valence-electron chi connectivity index (χ0n) is 54.0. The Kier molecular flexibility index (Phi) is 46.4. The maximum atomic E-state index is 13.4. The molecule has 3 heterocycles. The van der Waals surface area contributed by atoms with Gasteiger partial charge in [-0.15, -0.1) is 0 Å². The Bertz CT molecular complexity index is 1680. The number of allylic oxidation sites excluding steroid dienone is 4. The third-order valence-corrected chi connectivity index (χ3v) is 17.8. The number of amides is 1. The summed E-state index contributed by atoms with van der Waals surface area (Å²) in [6, 6.07) is -0.887. The zero-order chi connectivity index (χ0) is 63.3. The lowest BCUT2D eigenvalue weighted by atomic mass is 9.96. The van der Waals surface area contributed by atoms with E-state index in [4.69, 9.17) is 28.4 Å². The van der Waals surface area contributed by atoms with Crippen LogP contribution in [-0.4, -0.2) is 193 Å². The van der Waals surface area contributed by atoms with E-state index in [1.165, 1.54) is 180 Å². The summed E-state index contributed by atoms with van der Waals surface area (Å²) in [4.78, 5) is 13.4. The van der Waals surface area contributed by atoms with Crippen LogP contribution in [0, 0.1) is 0 Å². The second kappa shape index (κ2) is 50.8. The van der Waals surface area contributed by atoms with E-state index >= 15 is 0 Å². The minimum absolute atomic E-state index is 0.242. The van der Waals surface area contributed by atoms with Crippen molar-refractivity contribution in [3.8, 4) is 0 Å². The molecule has 0 aromatic carbocycles. The normalized spacial score (nSPS) is 28.7. The molecule has 3 aliphatic rings. The van der Waals surface area contributed by atoms with Crippen molar-refractivity contribution < 1.29 is 89.4 Å². The van der Waals surface area contributed by atoms with Crippen LogP contribution in [0.2, 0.25) is 0 Å². The summed E-state index contributed by atoms with van der Waals surface area (Å²) in [7, 11) is 0. The van der Waals surface area contributed by atoms with Crippen LogP contribution in [0.1, 0.15) is 271 Å². The van der Waals surface area contributed by atoms with Crippen molar-refractivity contribution in [2.24, 2.45) is 0 Å². The van der Waals surface area contributed by atoms with Gasteiger partial charge in [-0.2, -0.15) is 0 Å². The molecule has 0 radical (unpaired) electrons. The molecule has 3 fully saturated rings. The Labute approximate surface area is 524 Å². The van der Waals surface area contributed by atoms with Gasteiger partial charge in [0.25, 0.3) is 0 Å². The third-order valence-electron chi connectivity index (χ3n) is 17.8. The van der Waals surface area contributed by atoms with Gasteiger partial charge in [0, 0.05) is 6.42 Å². The van der Waals surface area contributed by atoms with Crippen LogP contribution in [-0.2, 0) is 33.2 Å². The van der Waals surface area contributed by atoms with Gasteiger partial charge in [0.05, 0.1) is 38.6 Å². The molecule has 19 heteroatoms. The van der Waals surface area contributed by atoms with Crippen LogP contribution < -0.4 is 5.32 Å². The highest BCUT2D eigenvalue weighted by molar-refractivity contribution is 5.76. The van der Waals surface area contributed by atoms with Gasteiger partial charge in [-0.3, -0.25) is 4.79 Å². The van der Waals surface area contributed by atoms with Crippen molar-refractivity contribution in [2.45, 2.75) is 375 Å². The largest absolute Gasteiger partial charge is 0.394 e. The van der Waals surface area contributed by atoms with Crippen LogP contribution in [0.4, 0.5) is 0 Å². The smallest absolute Gasteiger partial charge is 0.220 e. The quantitative estimate of drug-likeness (QED) is 0.0200. The van der Waals surface area contributed by atoms with Gasteiger partial charge in [-0.05, 0) is 44.9 Å². The van der Waals surface area contributed by atoms with Crippen LogP contribution >= 0.6 is 0 Å². The van der Waals surface area contributed by atoms with Crippen molar-refractivity contribution in [3.63, 3.8) is 0 Å². The number of rotatable bonds is 54. The molecule has 0 bridgehead atoms. The number of carbonyl (C=O) groups excluding carboxylic acids is 1. The highest BCUT2D eigenvalue weighted by Gasteiger charge is 2.53. The summed E-state index contributed by atoms with van der Waals surface area (Å²) in [5.41, 5.74) is 0. The summed E-state index contributed by atoms with van der Waals surface area (Å²) in [5.74, 6) is -0.242. The lowest BCUT2D eigenvalue weighted by Gasteiger charge is -2.48. The monoisotopic (exact) mass is 1250 g/mol. The number of ether oxygens (including phenoxy) is 6. The Morgan fingerprint density at radius 1 is 0.414 bits per heavy atom. The van der Waals surface area contributed by atoms with Crippen molar-refractivity contribution >= 4 is 5.91 Å². The van der Waals surface area contributed by atoms with Crippen molar-refractivity contribution in [1.29, 1.82) is 0 Å². The maximum Gasteiger partial charge on any atom is 0.220 e. The first-order valence-electron chi connectivity index (χ1n) is 35.1. The molecule has 17 atom stereocenters. The summed E-state index contributed by atoms with van der Waals surface area (Å²) in [5, 5.41) is 121. The van der Waals surface area contributed by atoms with E-state index in [1.807, 2.05) is 0 Å². The topological polar surface area (TPSA) is 307 Å². The van der Waals surface area contributed by atoms with Crippen molar-refractivity contribution in [2.75, 3.05) is 26.4 Å². The fraction of sp³-hybridized carbons (Fsp3) is 0.926.